The fraction of sp³-hybridized carbons (Fsp3) is 0.231. The van der Waals surface area contributed by atoms with E-state index in [2.05, 4.69) is 85.1 Å². The third-order valence-electron chi connectivity index (χ3n) is 5.12. The zero-order valence-corrected chi connectivity index (χ0v) is 19.3. The third kappa shape index (κ3) is 5.30. The van der Waals surface area contributed by atoms with E-state index in [-0.39, 0.29) is 6.04 Å². The van der Waals surface area contributed by atoms with Crippen molar-refractivity contribution in [3.8, 4) is 12.3 Å². The van der Waals surface area contributed by atoms with Crippen LogP contribution in [-0.2, 0) is 6.54 Å². The van der Waals surface area contributed by atoms with Crippen LogP contribution >= 0.6 is 24.0 Å². The number of rotatable bonds is 6. The van der Waals surface area contributed by atoms with Crippen molar-refractivity contribution in [3.63, 3.8) is 0 Å². The number of thiocarbonyl (C=S) groups is 1. The Hall–Kier alpha value is -2.61. The summed E-state index contributed by atoms with van der Waals surface area (Å²) in [6.07, 6.45) is 18.8. The van der Waals surface area contributed by atoms with Gasteiger partial charge in [-0.05, 0) is 54.7 Å². The summed E-state index contributed by atoms with van der Waals surface area (Å²) in [5.41, 5.74) is 5.67. The Morgan fingerprint density at radius 3 is 2.87 bits per heavy atom. The molecule has 1 aliphatic rings. The first-order chi connectivity index (χ1) is 14.5. The molecular formula is C26H26N2S2. The molecule has 0 radical (unpaired) electrons. The van der Waals surface area contributed by atoms with Gasteiger partial charge in [-0.1, -0.05) is 79.3 Å². The molecule has 2 aromatic rings. The smallest absolute Gasteiger partial charge is 0.141 e. The first-order valence-corrected chi connectivity index (χ1v) is 11.3. The number of pyridine rings is 1. The first-order valence-electron chi connectivity index (χ1n) is 10.1. The summed E-state index contributed by atoms with van der Waals surface area (Å²) in [4.78, 5) is 7.70. The molecule has 1 aromatic carbocycles. The summed E-state index contributed by atoms with van der Waals surface area (Å²) in [7, 11) is 0. The van der Waals surface area contributed by atoms with E-state index in [0.29, 0.717) is 0 Å². The van der Waals surface area contributed by atoms with E-state index in [0.717, 1.165) is 28.4 Å². The quantitative estimate of drug-likeness (QED) is 0.294. The van der Waals surface area contributed by atoms with Crippen LogP contribution in [0.15, 0.2) is 71.9 Å². The summed E-state index contributed by atoms with van der Waals surface area (Å²) >= 11 is 7.28. The Morgan fingerprint density at radius 2 is 2.17 bits per heavy atom. The maximum atomic E-state index is 5.72. The lowest BCUT2D eigenvalue weighted by Crippen LogP contribution is -2.29. The van der Waals surface area contributed by atoms with E-state index in [1.165, 1.54) is 21.6 Å². The van der Waals surface area contributed by atoms with Gasteiger partial charge in [-0.15, -0.1) is 6.42 Å². The fourth-order valence-electron chi connectivity index (χ4n) is 3.40. The number of aryl methyl sites for hydroxylation is 1. The molecule has 1 saturated heterocycles. The van der Waals surface area contributed by atoms with Crippen LogP contribution in [0.4, 0.5) is 0 Å². The molecule has 1 unspecified atom stereocenters. The van der Waals surface area contributed by atoms with Crippen LogP contribution in [0.1, 0.15) is 42.5 Å². The highest BCUT2D eigenvalue weighted by atomic mass is 32.2. The average Bonchev–Trinajstić information content (AvgIpc) is 3.02. The molecule has 152 valence electrons. The lowest BCUT2D eigenvalue weighted by molar-refractivity contribution is 0.387. The molecule has 30 heavy (non-hydrogen) atoms. The SMILES string of the molecule is C#Cc1cc(C)ccc1/C(=C/C=C/C=C1\SC(=S)N(Cc2cccnc2)C1C)CC. The predicted octanol–water partition coefficient (Wildman–Crippen LogP) is 6.53. The van der Waals surface area contributed by atoms with E-state index >= 15 is 0 Å². The van der Waals surface area contributed by atoms with Crippen molar-refractivity contribution in [3.05, 3.63) is 94.2 Å². The van der Waals surface area contributed by atoms with Crippen LogP contribution in [0.25, 0.3) is 5.57 Å². The van der Waals surface area contributed by atoms with E-state index in [1.54, 1.807) is 18.0 Å². The maximum Gasteiger partial charge on any atom is 0.141 e. The molecule has 2 heterocycles. The number of terminal acetylenes is 1. The predicted molar refractivity (Wildman–Crippen MR) is 134 cm³/mol. The fourth-order valence-corrected chi connectivity index (χ4v) is 4.89. The normalized spacial score (nSPS) is 18.4. The van der Waals surface area contributed by atoms with Gasteiger partial charge in [-0.3, -0.25) is 4.98 Å². The first kappa shape index (κ1) is 22.1. The van der Waals surface area contributed by atoms with Gasteiger partial charge in [0, 0.05) is 29.4 Å². The molecule has 0 amide bonds. The molecule has 2 nitrogen and oxygen atoms in total. The second-order valence-electron chi connectivity index (χ2n) is 7.23. The number of allylic oxidation sites excluding steroid dienone is 5. The lowest BCUT2D eigenvalue weighted by atomic mass is 9.96. The summed E-state index contributed by atoms with van der Waals surface area (Å²) < 4.78 is 0.911. The van der Waals surface area contributed by atoms with Gasteiger partial charge in [0.25, 0.3) is 0 Å². The van der Waals surface area contributed by atoms with Crippen molar-refractivity contribution in [1.29, 1.82) is 0 Å². The van der Waals surface area contributed by atoms with E-state index in [4.69, 9.17) is 18.6 Å². The molecule has 4 heteroatoms. The van der Waals surface area contributed by atoms with Gasteiger partial charge in [-0.25, -0.2) is 0 Å². The molecule has 0 N–H and O–H groups in total. The molecule has 1 aromatic heterocycles. The third-order valence-corrected chi connectivity index (χ3v) is 6.73. The van der Waals surface area contributed by atoms with Crippen LogP contribution in [0.3, 0.4) is 0 Å². The molecule has 1 atom stereocenters. The zero-order valence-electron chi connectivity index (χ0n) is 17.6. The van der Waals surface area contributed by atoms with Gasteiger partial charge in [0.2, 0.25) is 0 Å². The monoisotopic (exact) mass is 430 g/mol. The Labute approximate surface area is 189 Å². The van der Waals surface area contributed by atoms with Gasteiger partial charge >= 0.3 is 0 Å². The van der Waals surface area contributed by atoms with Crippen LogP contribution in [0.2, 0.25) is 0 Å². The van der Waals surface area contributed by atoms with Crippen molar-refractivity contribution >= 4 is 33.9 Å². The van der Waals surface area contributed by atoms with Crippen molar-refractivity contribution in [2.75, 3.05) is 0 Å². The number of benzene rings is 1. The molecule has 0 spiro atoms. The molecule has 3 rings (SSSR count). The molecule has 0 aliphatic carbocycles. The Bertz CT molecular complexity index is 1040. The molecule has 1 fully saturated rings. The number of hydrogen-bond donors (Lipinski definition) is 0. The minimum absolute atomic E-state index is 0.257. The van der Waals surface area contributed by atoms with Gasteiger partial charge in [0.15, 0.2) is 0 Å². The molecule has 0 saturated carbocycles. The Morgan fingerprint density at radius 1 is 1.33 bits per heavy atom. The largest absolute Gasteiger partial charge is 0.346 e. The van der Waals surface area contributed by atoms with E-state index < -0.39 is 0 Å². The van der Waals surface area contributed by atoms with Gasteiger partial charge < -0.3 is 4.90 Å². The van der Waals surface area contributed by atoms with E-state index in [1.807, 2.05) is 12.3 Å². The Balaban J connectivity index is 1.73. The highest BCUT2D eigenvalue weighted by molar-refractivity contribution is 8.25. The highest BCUT2D eigenvalue weighted by Crippen LogP contribution is 2.36. The van der Waals surface area contributed by atoms with Crippen LogP contribution in [-0.4, -0.2) is 20.2 Å². The van der Waals surface area contributed by atoms with Gasteiger partial charge in [0.1, 0.15) is 4.32 Å². The van der Waals surface area contributed by atoms with Crippen LogP contribution in [0.5, 0.6) is 0 Å². The molecule has 0 bridgehead atoms. The summed E-state index contributed by atoms with van der Waals surface area (Å²) in [5, 5.41) is 0. The molecular weight excluding hydrogens is 404 g/mol. The van der Waals surface area contributed by atoms with Crippen molar-refractivity contribution < 1.29 is 0 Å². The van der Waals surface area contributed by atoms with E-state index in [9.17, 15) is 0 Å². The van der Waals surface area contributed by atoms with Gasteiger partial charge in [-0.2, -0.15) is 0 Å². The average molecular weight is 431 g/mol. The maximum absolute atomic E-state index is 5.72. The highest BCUT2D eigenvalue weighted by Gasteiger charge is 2.29. The zero-order chi connectivity index (χ0) is 21.5. The minimum atomic E-state index is 0.257. The van der Waals surface area contributed by atoms with Crippen LogP contribution in [0, 0.1) is 19.3 Å². The van der Waals surface area contributed by atoms with Crippen molar-refractivity contribution in [2.24, 2.45) is 0 Å². The van der Waals surface area contributed by atoms with Crippen LogP contribution < -0.4 is 0 Å². The molecule has 1 aliphatic heterocycles. The van der Waals surface area contributed by atoms with Crippen molar-refractivity contribution in [1.82, 2.24) is 9.88 Å². The Kier molecular flexibility index (Phi) is 7.68. The number of hydrogen-bond acceptors (Lipinski definition) is 3. The number of nitrogens with zero attached hydrogens (tertiary/aromatic N) is 2. The summed E-state index contributed by atoms with van der Waals surface area (Å²) in [6, 6.07) is 10.6. The second kappa shape index (κ2) is 10.4. The standard InChI is InChI=1S/C26H26N2S2/c1-5-22(24-14-13-19(3)16-23(24)6-2)11-7-8-12-25-20(4)28(26(29)30-25)18-21-10-9-15-27-17-21/h2,7-17,20H,5,18H2,1,3-4H3/b8-7+,22-11+,25-12-. The topological polar surface area (TPSA) is 16.1 Å². The summed E-state index contributed by atoms with van der Waals surface area (Å²) in [5.74, 6) is 2.82. The minimum Gasteiger partial charge on any atom is -0.346 e. The van der Waals surface area contributed by atoms with Gasteiger partial charge in [0.05, 0.1) is 6.04 Å². The van der Waals surface area contributed by atoms with Crippen molar-refractivity contribution in [2.45, 2.75) is 39.8 Å². The second-order valence-corrected chi connectivity index (χ2v) is 8.93. The number of thioether (sulfide) groups is 1. The number of aromatic nitrogens is 1. The lowest BCUT2D eigenvalue weighted by Gasteiger charge is -2.22. The summed E-state index contributed by atoms with van der Waals surface area (Å²) in [6.45, 7) is 7.20.